The minimum Gasteiger partial charge on any atom is -0.444 e. The van der Waals surface area contributed by atoms with Crippen molar-refractivity contribution in [2.24, 2.45) is 5.73 Å². The Morgan fingerprint density at radius 2 is 1.72 bits per heavy atom. The second-order valence-corrected chi connectivity index (χ2v) is 9.86. The number of terminal acetylenes is 1. The van der Waals surface area contributed by atoms with Gasteiger partial charge in [-0.05, 0) is 53.0 Å². The predicted molar refractivity (Wildman–Crippen MR) is 138 cm³/mol. The lowest BCUT2D eigenvalue weighted by Crippen LogP contribution is -2.51. The number of benzene rings is 1. The molecular weight excluding hydrogens is 460 g/mol. The van der Waals surface area contributed by atoms with E-state index in [0.29, 0.717) is 12.1 Å². The summed E-state index contributed by atoms with van der Waals surface area (Å²) >= 11 is 0. The summed E-state index contributed by atoms with van der Waals surface area (Å²) in [7, 11) is 0. The summed E-state index contributed by atoms with van der Waals surface area (Å²) in [4.78, 5) is 51.8. The van der Waals surface area contributed by atoms with Crippen LogP contribution in [0.2, 0.25) is 0 Å². The zero-order valence-corrected chi connectivity index (χ0v) is 22.3. The van der Waals surface area contributed by atoms with Crippen molar-refractivity contribution in [2.45, 2.75) is 91.3 Å². The maximum Gasteiger partial charge on any atom is 0.408 e. The summed E-state index contributed by atoms with van der Waals surface area (Å²) in [6, 6.07) is 5.49. The minimum absolute atomic E-state index is 0.108. The third kappa shape index (κ3) is 10.4. The third-order valence-electron chi connectivity index (χ3n) is 5.19. The molecule has 1 rings (SSSR count). The molecule has 0 aromatic heterocycles. The molecule has 9 nitrogen and oxygen atoms in total. The van der Waals surface area contributed by atoms with Gasteiger partial charge in [-0.1, -0.05) is 55.5 Å². The molecule has 0 saturated heterocycles. The van der Waals surface area contributed by atoms with Gasteiger partial charge in [0.25, 0.3) is 5.91 Å². The van der Waals surface area contributed by atoms with Gasteiger partial charge < -0.3 is 21.1 Å². The Morgan fingerprint density at radius 3 is 2.22 bits per heavy atom. The molecule has 0 aliphatic heterocycles. The van der Waals surface area contributed by atoms with Crippen LogP contribution in [0.25, 0.3) is 0 Å². The lowest BCUT2D eigenvalue weighted by atomic mass is 9.98. The molecule has 1 aromatic rings. The van der Waals surface area contributed by atoms with Gasteiger partial charge in [0.1, 0.15) is 17.7 Å². The number of alkyl carbamates (subject to hydrolysis) is 1. The summed E-state index contributed by atoms with van der Waals surface area (Å²) < 4.78 is 5.27. The second kappa shape index (κ2) is 14.1. The van der Waals surface area contributed by atoms with Gasteiger partial charge in [-0.15, -0.1) is 0 Å². The number of nitrogens with one attached hydrogen (secondary N) is 2. The smallest absolute Gasteiger partial charge is 0.408 e. The highest BCUT2D eigenvalue weighted by molar-refractivity contribution is 5.93. The number of ether oxygens (including phenoxy) is 1. The van der Waals surface area contributed by atoms with Crippen LogP contribution in [0.4, 0.5) is 4.79 Å². The van der Waals surface area contributed by atoms with Crippen molar-refractivity contribution >= 4 is 23.8 Å². The molecule has 2 atom stereocenters. The largest absolute Gasteiger partial charge is 0.444 e. The first-order valence-corrected chi connectivity index (χ1v) is 12.2. The molecule has 4 N–H and O–H groups in total. The van der Waals surface area contributed by atoms with E-state index >= 15 is 0 Å². The van der Waals surface area contributed by atoms with E-state index in [2.05, 4.69) is 23.6 Å². The first-order chi connectivity index (χ1) is 16.8. The fourth-order valence-electron chi connectivity index (χ4n) is 3.70. The Morgan fingerprint density at radius 1 is 1.11 bits per heavy atom. The third-order valence-corrected chi connectivity index (χ3v) is 5.19. The monoisotopic (exact) mass is 500 g/mol. The van der Waals surface area contributed by atoms with Gasteiger partial charge in [0.15, 0.2) is 0 Å². The van der Waals surface area contributed by atoms with Crippen molar-refractivity contribution in [1.29, 1.82) is 0 Å². The second-order valence-electron chi connectivity index (χ2n) is 9.86. The van der Waals surface area contributed by atoms with Gasteiger partial charge in [0, 0.05) is 19.0 Å². The number of hydrogen-bond donors (Lipinski definition) is 3. The molecule has 198 valence electrons. The van der Waals surface area contributed by atoms with Crippen LogP contribution in [0, 0.1) is 26.3 Å². The topological polar surface area (TPSA) is 131 Å². The Hall–Kier alpha value is -3.54. The van der Waals surface area contributed by atoms with Crippen LogP contribution >= 0.6 is 0 Å². The van der Waals surface area contributed by atoms with Gasteiger partial charge in [0.2, 0.25) is 11.8 Å². The molecule has 1 aromatic carbocycles. The number of rotatable bonds is 12. The first-order valence-electron chi connectivity index (χ1n) is 12.2. The van der Waals surface area contributed by atoms with Crippen molar-refractivity contribution in [3.8, 4) is 12.5 Å². The maximum absolute atomic E-state index is 13.6. The molecule has 36 heavy (non-hydrogen) atoms. The Kier molecular flexibility index (Phi) is 12.0. The SMILES string of the molecule is C#CN(C(=O)C(CCC(N)=O)NC(=O)OC(C)(C)C)C(C(=O)NCCCCC)c1cc(C)cc(C)c1. The zero-order chi connectivity index (χ0) is 27.5. The number of nitrogens with zero attached hydrogens (tertiary/aromatic N) is 1. The number of hydrogen-bond acceptors (Lipinski definition) is 5. The van der Waals surface area contributed by atoms with E-state index in [9.17, 15) is 19.2 Å². The van der Waals surface area contributed by atoms with E-state index in [-0.39, 0.29) is 12.8 Å². The van der Waals surface area contributed by atoms with Crippen LogP contribution in [0.15, 0.2) is 18.2 Å². The van der Waals surface area contributed by atoms with E-state index in [1.807, 2.05) is 19.9 Å². The Bertz CT molecular complexity index is 957. The van der Waals surface area contributed by atoms with Gasteiger partial charge in [0.05, 0.1) is 0 Å². The molecule has 9 heteroatoms. The number of carbonyl (C=O) groups excluding carboxylic acids is 4. The first kappa shape index (κ1) is 30.5. The number of amides is 4. The van der Waals surface area contributed by atoms with E-state index in [1.165, 1.54) is 0 Å². The summed E-state index contributed by atoms with van der Waals surface area (Å²) in [5.41, 5.74) is 6.81. The molecule has 0 bridgehead atoms. The highest BCUT2D eigenvalue weighted by atomic mass is 16.6. The number of aryl methyl sites for hydroxylation is 2. The van der Waals surface area contributed by atoms with Gasteiger partial charge >= 0.3 is 6.09 Å². The van der Waals surface area contributed by atoms with Crippen molar-refractivity contribution in [3.05, 3.63) is 34.9 Å². The van der Waals surface area contributed by atoms with Crippen molar-refractivity contribution in [1.82, 2.24) is 15.5 Å². The summed E-state index contributed by atoms with van der Waals surface area (Å²) in [5, 5.41) is 5.36. The molecule has 0 fully saturated rings. The van der Waals surface area contributed by atoms with E-state index in [1.54, 1.807) is 32.9 Å². The molecule has 0 radical (unpaired) electrons. The lowest BCUT2D eigenvalue weighted by molar-refractivity contribution is -0.138. The predicted octanol–water partition coefficient (Wildman–Crippen LogP) is 3.23. The van der Waals surface area contributed by atoms with Crippen LogP contribution in [0.5, 0.6) is 0 Å². The van der Waals surface area contributed by atoms with Crippen molar-refractivity contribution < 1.29 is 23.9 Å². The van der Waals surface area contributed by atoms with Crippen LogP contribution < -0.4 is 16.4 Å². The van der Waals surface area contributed by atoms with Crippen LogP contribution in [0.1, 0.15) is 82.5 Å². The molecule has 0 aliphatic carbocycles. The van der Waals surface area contributed by atoms with Crippen LogP contribution in [-0.2, 0) is 19.1 Å². The zero-order valence-electron chi connectivity index (χ0n) is 22.3. The van der Waals surface area contributed by atoms with Crippen molar-refractivity contribution in [2.75, 3.05) is 6.54 Å². The van der Waals surface area contributed by atoms with Crippen molar-refractivity contribution in [3.63, 3.8) is 0 Å². The molecular formula is C27H40N4O5. The van der Waals surface area contributed by atoms with E-state index < -0.39 is 41.5 Å². The molecule has 0 spiro atoms. The highest BCUT2D eigenvalue weighted by Gasteiger charge is 2.36. The van der Waals surface area contributed by atoms with Crippen LogP contribution in [-0.4, -0.2) is 46.9 Å². The lowest BCUT2D eigenvalue weighted by Gasteiger charge is -2.30. The fourth-order valence-corrected chi connectivity index (χ4v) is 3.70. The molecule has 0 heterocycles. The Labute approximate surface area is 214 Å². The van der Waals surface area contributed by atoms with Gasteiger partial charge in [-0.2, -0.15) is 0 Å². The number of primary amides is 1. The quantitative estimate of drug-likeness (QED) is 0.230. The highest BCUT2D eigenvalue weighted by Crippen LogP contribution is 2.25. The van der Waals surface area contributed by atoms with Crippen LogP contribution in [0.3, 0.4) is 0 Å². The fraction of sp³-hybridized carbons (Fsp3) is 0.556. The van der Waals surface area contributed by atoms with Gasteiger partial charge in [-0.3, -0.25) is 19.3 Å². The molecule has 2 unspecified atom stereocenters. The Balaban J connectivity index is 3.38. The molecule has 4 amide bonds. The normalized spacial score (nSPS) is 12.6. The maximum atomic E-state index is 13.6. The molecule has 0 aliphatic rings. The average Bonchev–Trinajstić information content (AvgIpc) is 2.75. The summed E-state index contributed by atoms with van der Waals surface area (Å²) in [6.45, 7) is 11.3. The number of carbonyl (C=O) groups is 4. The average molecular weight is 501 g/mol. The number of unbranched alkanes of at least 4 members (excludes halogenated alkanes) is 2. The van der Waals surface area contributed by atoms with Gasteiger partial charge in [-0.25, -0.2) is 4.79 Å². The summed E-state index contributed by atoms with van der Waals surface area (Å²) in [6.07, 6.45) is 7.35. The molecule has 0 saturated carbocycles. The minimum atomic E-state index is -1.23. The van der Waals surface area contributed by atoms with E-state index in [4.69, 9.17) is 16.9 Å². The summed E-state index contributed by atoms with van der Waals surface area (Å²) in [5.74, 6) is -1.81. The standard InChI is InChI=1S/C27H40N4O5/c1-8-10-11-14-29-24(33)23(20-16-18(3)15-19(4)17-20)31(9-2)25(34)21(12-13-22(28)32)30-26(35)36-27(5,6)7/h2,15-17,21,23H,8,10-14H2,1,3-7H3,(H2,28,32)(H,29,33)(H,30,35). The van der Waals surface area contributed by atoms with E-state index in [0.717, 1.165) is 35.3 Å². The number of nitrogens with two attached hydrogens (primary N) is 1.